The van der Waals surface area contributed by atoms with E-state index in [1.807, 2.05) is 32.2 Å². The Labute approximate surface area is 113 Å². The van der Waals surface area contributed by atoms with E-state index in [1.165, 1.54) is 5.57 Å². The van der Waals surface area contributed by atoms with Gasteiger partial charge in [0.2, 0.25) is 0 Å². The van der Waals surface area contributed by atoms with E-state index in [1.54, 1.807) is 13.8 Å². The van der Waals surface area contributed by atoms with Gasteiger partial charge in [0.25, 0.3) is 0 Å². The van der Waals surface area contributed by atoms with Gasteiger partial charge in [0, 0.05) is 6.04 Å². The summed E-state index contributed by atoms with van der Waals surface area (Å²) >= 11 is 0. The lowest BCUT2D eigenvalue weighted by atomic mass is 10.0. The van der Waals surface area contributed by atoms with Gasteiger partial charge in [0.1, 0.15) is 5.75 Å². The van der Waals surface area contributed by atoms with Crippen molar-refractivity contribution in [2.24, 2.45) is 0 Å². The summed E-state index contributed by atoms with van der Waals surface area (Å²) in [6.45, 7) is 4.87. The molecule has 0 fully saturated rings. The molecule has 0 heterocycles. The maximum atomic E-state index is 12.3. The van der Waals surface area contributed by atoms with Crippen LogP contribution in [0.1, 0.15) is 30.5 Å². The highest BCUT2D eigenvalue weighted by Crippen LogP contribution is 2.27. The molecule has 0 aliphatic carbocycles. The lowest BCUT2D eigenvalue weighted by Crippen LogP contribution is -2.21. The zero-order valence-corrected chi connectivity index (χ0v) is 12.1. The first kappa shape index (κ1) is 15.6. The smallest absolute Gasteiger partial charge is 0.387 e. The summed E-state index contributed by atoms with van der Waals surface area (Å²) in [5, 5.41) is 3.16. The highest BCUT2D eigenvalue weighted by Gasteiger charge is 2.11. The zero-order chi connectivity index (χ0) is 14.6. The van der Waals surface area contributed by atoms with E-state index in [-0.39, 0.29) is 11.8 Å². The van der Waals surface area contributed by atoms with E-state index in [9.17, 15) is 8.78 Å². The molecular formula is C15H21F2NO. The van der Waals surface area contributed by atoms with Crippen molar-refractivity contribution in [1.29, 1.82) is 0 Å². The zero-order valence-electron chi connectivity index (χ0n) is 12.1. The van der Waals surface area contributed by atoms with Crippen LogP contribution in [0.4, 0.5) is 8.78 Å². The maximum absolute atomic E-state index is 12.3. The Morgan fingerprint density at radius 3 is 2.21 bits per heavy atom. The minimum absolute atomic E-state index is 0.270. The minimum atomic E-state index is -2.79. The quantitative estimate of drug-likeness (QED) is 0.875. The predicted molar refractivity (Wildman–Crippen MR) is 74.7 cm³/mol. The molecule has 0 aromatic heterocycles. The topological polar surface area (TPSA) is 21.3 Å². The van der Waals surface area contributed by atoms with Gasteiger partial charge in [-0.3, -0.25) is 0 Å². The molecule has 1 unspecified atom stereocenters. The molecule has 0 amide bonds. The molecule has 4 heteroatoms. The van der Waals surface area contributed by atoms with Gasteiger partial charge in [-0.1, -0.05) is 11.6 Å². The highest BCUT2D eigenvalue weighted by molar-refractivity contribution is 5.58. The van der Waals surface area contributed by atoms with Crippen LogP contribution in [0.5, 0.6) is 5.75 Å². The fraction of sp³-hybridized carbons (Fsp3) is 0.467. The van der Waals surface area contributed by atoms with Crippen molar-refractivity contribution < 1.29 is 13.5 Å². The van der Waals surface area contributed by atoms with Crippen LogP contribution in [0.3, 0.4) is 0 Å². The fourth-order valence-corrected chi connectivity index (χ4v) is 1.96. The van der Waals surface area contributed by atoms with Crippen molar-refractivity contribution in [3.05, 3.63) is 34.4 Å². The predicted octanol–water partition coefficient (Wildman–Crippen LogP) is 3.92. The number of halogens is 2. The second-order valence-corrected chi connectivity index (χ2v) is 4.76. The summed E-state index contributed by atoms with van der Waals surface area (Å²) in [7, 11) is 1.90. The third-order valence-electron chi connectivity index (χ3n) is 3.20. The fourth-order valence-electron chi connectivity index (χ4n) is 1.96. The lowest BCUT2D eigenvalue weighted by Gasteiger charge is -2.14. The Morgan fingerprint density at radius 1 is 1.26 bits per heavy atom. The average Bonchev–Trinajstić information content (AvgIpc) is 2.32. The van der Waals surface area contributed by atoms with Gasteiger partial charge >= 0.3 is 6.61 Å². The van der Waals surface area contributed by atoms with Crippen LogP contribution in [-0.2, 0) is 0 Å². The Bertz CT molecular complexity index is 446. The van der Waals surface area contributed by atoms with Crippen LogP contribution in [0.25, 0.3) is 6.08 Å². The maximum Gasteiger partial charge on any atom is 0.387 e. The molecule has 1 atom stereocenters. The normalized spacial score (nSPS) is 13.8. The van der Waals surface area contributed by atoms with Crippen molar-refractivity contribution >= 4 is 6.08 Å². The molecule has 0 spiro atoms. The van der Waals surface area contributed by atoms with Gasteiger partial charge in [-0.05, 0) is 63.6 Å². The monoisotopic (exact) mass is 269 g/mol. The van der Waals surface area contributed by atoms with Gasteiger partial charge in [-0.15, -0.1) is 0 Å². The van der Waals surface area contributed by atoms with Crippen molar-refractivity contribution in [3.8, 4) is 5.75 Å². The van der Waals surface area contributed by atoms with E-state index in [4.69, 9.17) is 0 Å². The molecule has 0 aliphatic heterocycles. The number of alkyl halides is 2. The number of rotatable bonds is 5. The molecule has 19 heavy (non-hydrogen) atoms. The van der Waals surface area contributed by atoms with Crippen LogP contribution in [-0.4, -0.2) is 19.7 Å². The van der Waals surface area contributed by atoms with Gasteiger partial charge in [-0.2, -0.15) is 8.78 Å². The number of hydrogen-bond donors (Lipinski definition) is 1. The van der Waals surface area contributed by atoms with Gasteiger partial charge in [-0.25, -0.2) is 0 Å². The summed E-state index contributed by atoms with van der Waals surface area (Å²) < 4.78 is 29.1. The molecule has 0 radical (unpaired) electrons. The van der Waals surface area contributed by atoms with Crippen LogP contribution >= 0.6 is 0 Å². The molecular weight excluding hydrogens is 248 g/mol. The summed E-state index contributed by atoms with van der Waals surface area (Å²) in [6, 6.07) is 3.99. The Kier molecular flexibility index (Phi) is 5.48. The van der Waals surface area contributed by atoms with E-state index < -0.39 is 6.61 Å². The average molecular weight is 269 g/mol. The van der Waals surface area contributed by atoms with Gasteiger partial charge in [0.05, 0.1) is 0 Å². The standard InChI is InChI=1S/C15H21F2NO/c1-9(12(4)18-5)6-13-7-10(2)14(11(3)8-13)19-15(16)17/h6-8,12,15,18H,1-5H3/b9-6+. The van der Waals surface area contributed by atoms with Crippen LogP contribution in [0.2, 0.25) is 0 Å². The number of aryl methyl sites for hydroxylation is 2. The summed E-state index contributed by atoms with van der Waals surface area (Å²) in [4.78, 5) is 0. The SMILES string of the molecule is CNC(C)/C(C)=C/c1cc(C)c(OC(F)F)c(C)c1. The van der Waals surface area contributed by atoms with E-state index >= 15 is 0 Å². The molecule has 1 aromatic carbocycles. The largest absolute Gasteiger partial charge is 0.434 e. The van der Waals surface area contributed by atoms with E-state index in [2.05, 4.69) is 17.0 Å². The van der Waals surface area contributed by atoms with Gasteiger partial charge < -0.3 is 10.1 Å². The summed E-state index contributed by atoms with van der Waals surface area (Å²) in [6.07, 6.45) is 2.05. The second-order valence-electron chi connectivity index (χ2n) is 4.76. The molecule has 1 aromatic rings. The summed E-state index contributed by atoms with van der Waals surface area (Å²) in [5.41, 5.74) is 3.62. The lowest BCUT2D eigenvalue weighted by molar-refractivity contribution is -0.0507. The number of ether oxygens (including phenoxy) is 1. The van der Waals surface area contributed by atoms with Crippen molar-refractivity contribution in [3.63, 3.8) is 0 Å². The highest BCUT2D eigenvalue weighted by atomic mass is 19.3. The molecule has 0 saturated heterocycles. The van der Waals surface area contributed by atoms with Gasteiger partial charge in [0.15, 0.2) is 0 Å². The first-order chi connectivity index (χ1) is 8.85. The molecule has 1 N–H and O–H groups in total. The van der Waals surface area contributed by atoms with Crippen LogP contribution in [0.15, 0.2) is 17.7 Å². The molecule has 0 saturated carbocycles. The number of hydrogen-bond acceptors (Lipinski definition) is 2. The Morgan fingerprint density at radius 2 is 1.79 bits per heavy atom. The number of likely N-dealkylation sites (N-methyl/N-ethyl adjacent to an activating group) is 1. The Balaban J connectivity index is 3.07. The number of benzene rings is 1. The molecule has 0 aliphatic rings. The molecule has 106 valence electrons. The third kappa shape index (κ3) is 4.31. The minimum Gasteiger partial charge on any atom is -0.434 e. The molecule has 0 bridgehead atoms. The number of nitrogens with one attached hydrogen (secondary N) is 1. The Hall–Kier alpha value is -1.42. The summed E-state index contributed by atoms with van der Waals surface area (Å²) in [5.74, 6) is 0.270. The van der Waals surface area contributed by atoms with Crippen molar-refractivity contribution in [2.45, 2.75) is 40.3 Å². The second kappa shape index (κ2) is 6.66. The molecule has 1 rings (SSSR count). The third-order valence-corrected chi connectivity index (χ3v) is 3.20. The van der Waals surface area contributed by atoms with Crippen LogP contribution in [0, 0.1) is 13.8 Å². The van der Waals surface area contributed by atoms with Crippen molar-refractivity contribution in [1.82, 2.24) is 5.32 Å². The first-order valence-corrected chi connectivity index (χ1v) is 6.26. The molecule has 2 nitrogen and oxygen atoms in total. The first-order valence-electron chi connectivity index (χ1n) is 6.26. The van der Waals surface area contributed by atoms with Crippen LogP contribution < -0.4 is 10.1 Å². The van der Waals surface area contributed by atoms with Crippen molar-refractivity contribution in [2.75, 3.05) is 7.05 Å². The van der Waals surface area contributed by atoms with E-state index in [0.717, 1.165) is 16.7 Å². The van der Waals surface area contributed by atoms with E-state index in [0.29, 0.717) is 0 Å².